The van der Waals surface area contributed by atoms with Gasteiger partial charge in [0.25, 0.3) is 10.0 Å². The first-order chi connectivity index (χ1) is 10.9. The number of hydrogen-bond donors (Lipinski definition) is 2. The highest BCUT2D eigenvalue weighted by Crippen LogP contribution is 2.27. The fourth-order valence-electron chi connectivity index (χ4n) is 2.47. The summed E-state index contributed by atoms with van der Waals surface area (Å²) in [6.07, 6.45) is 4.23. The van der Waals surface area contributed by atoms with E-state index in [2.05, 4.69) is 14.9 Å². The predicted molar refractivity (Wildman–Crippen MR) is 83.8 cm³/mol. The standard InChI is InChI=1S/C13H16N4O4S2/c18-22(19,16-11-9-14-15-10-11)12-5-1-2-6-13(12)23(20,21)17-7-3-4-8-17/h1-2,5-6,9-10,16H,3-4,7-8H2,(H,14,15). The van der Waals surface area contributed by atoms with Crippen LogP contribution >= 0.6 is 0 Å². The van der Waals surface area contributed by atoms with Crippen LogP contribution in [0.15, 0.2) is 46.5 Å². The summed E-state index contributed by atoms with van der Waals surface area (Å²) in [6.45, 7) is 0.817. The Bertz CT molecular complexity index is 886. The summed E-state index contributed by atoms with van der Waals surface area (Å²) < 4.78 is 54.2. The van der Waals surface area contributed by atoms with Gasteiger partial charge in [-0.1, -0.05) is 12.1 Å². The summed E-state index contributed by atoms with van der Waals surface area (Å²) >= 11 is 0. The van der Waals surface area contributed by atoms with Crippen LogP contribution in [0.25, 0.3) is 0 Å². The van der Waals surface area contributed by atoms with E-state index in [0.29, 0.717) is 13.1 Å². The lowest BCUT2D eigenvalue weighted by molar-refractivity contribution is 0.475. The van der Waals surface area contributed by atoms with E-state index < -0.39 is 20.0 Å². The van der Waals surface area contributed by atoms with Crippen molar-refractivity contribution in [2.45, 2.75) is 22.6 Å². The molecule has 1 aromatic carbocycles. The number of nitrogens with one attached hydrogen (secondary N) is 2. The van der Waals surface area contributed by atoms with Gasteiger partial charge in [0, 0.05) is 19.3 Å². The first kappa shape index (κ1) is 16.0. The molecule has 1 aromatic heterocycles. The van der Waals surface area contributed by atoms with Gasteiger partial charge in [-0.05, 0) is 25.0 Å². The molecule has 0 radical (unpaired) electrons. The van der Waals surface area contributed by atoms with Crippen molar-refractivity contribution in [1.29, 1.82) is 0 Å². The van der Waals surface area contributed by atoms with Crippen LogP contribution in [0.1, 0.15) is 12.8 Å². The van der Waals surface area contributed by atoms with E-state index in [-0.39, 0.29) is 15.5 Å². The van der Waals surface area contributed by atoms with Gasteiger partial charge in [-0.25, -0.2) is 16.8 Å². The Kier molecular flexibility index (Phi) is 4.13. The monoisotopic (exact) mass is 356 g/mol. The Hall–Kier alpha value is -1.91. The van der Waals surface area contributed by atoms with E-state index in [9.17, 15) is 16.8 Å². The Balaban J connectivity index is 2.04. The highest BCUT2D eigenvalue weighted by atomic mass is 32.2. The Labute approximate surface area is 134 Å². The smallest absolute Gasteiger partial charge is 0.263 e. The first-order valence-electron chi connectivity index (χ1n) is 7.02. The third kappa shape index (κ3) is 3.09. The first-order valence-corrected chi connectivity index (χ1v) is 9.94. The van der Waals surface area contributed by atoms with E-state index in [0.717, 1.165) is 12.8 Å². The van der Waals surface area contributed by atoms with E-state index in [1.54, 1.807) is 0 Å². The van der Waals surface area contributed by atoms with Gasteiger partial charge in [0.05, 0.1) is 11.9 Å². The van der Waals surface area contributed by atoms with Crippen LogP contribution in [-0.4, -0.2) is 44.4 Å². The molecule has 0 unspecified atom stereocenters. The van der Waals surface area contributed by atoms with Crippen molar-refractivity contribution < 1.29 is 16.8 Å². The predicted octanol–water partition coefficient (Wildman–Crippen LogP) is 0.995. The molecule has 0 atom stereocenters. The molecule has 3 rings (SSSR count). The van der Waals surface area contributed by atoms with Crippen molar-refractivity contribution in [2.24, 2.45) is 0 Å². The molecule has 23 heavy (non-hydrogen) atoms. The van der Waals surface area contributed by atoms with Crippen molar-refractivity contribution in [3.8, 4) is 0 Å². The summed E-state index contributed by atoms with van der Waals surface area (Å²) in [5, 5.41) is 6.15. The molecule has 1 aliphatic heterocycles. The molecule has 0 bridgehead atoms. The topological polar surface area (TPSA) is 112 Å². The van der Waals surface area contributed by atoms with Crippen LogP contribution < -0.4 is 4.72 Å². The number of aromatic nitrogens is 2. The molecule has 0 amide bonds. The maximum Gasteiger partial charge on any atom is 0.263 e. The minimum absolute atomic E-state index is 0.210. The third-order valence-corrected chi connectivity index (χ3v) is 7.10. The SMILES string of the molecule is O=S(=O)(Nc1cn[nH]c1)c1ccccc1S(=O)(=O)N1CCCC1. The Morgan fingerprint density at radius 2 is 1.70 bits per heavy atom. The Morgan fingerprint density at radius 3 is 2.30 bits per heavy atom. The molecular weight excluding hydrogens is 340 g/mol. The van der Waals surface area contributed by atoms with Gasteiger partial charge in [-0.3, -0.25) is 9.82 Å². The van der Waals surface area contributed by atoms with Crippen LogP contribution in [0.4, 0.5) is 5.69 Å². The lowest BCUT2D eigenvalue weighted by atomic mass is 10.4. The molecule has 8 nitrogen and oxygen atoms in total. The van der Waals surface area contributed by atoms with Crippen molar-refractivity contribution in [3.63, 3.8) is 0 Å². The van der Waals surface area contributed by atoms with Gasteiger partial charge < -0.3 is 0 Å². The average Bonchev–Trinajstić information content (AvgIpc) is 3.20. The van der Waals surface area contributed by atoms with E-state index in [4.69, 9.17) is 0 Å². The van der Waals surface area contributed by atoms with Gasteiger partial charge in [-0.15, -0.1) is 0 Å². The molecule has 1 saturated heterocycles. The molecule has 1 fully saturated rings. The lowest BCUT2D eigenvalue weighted by Gasteiger charge is -2.18. The quantitative estimate of drug-likeness (QED) is 0.830. The minimum atomic E-state index is -4.04. The number of nitrogens with zero attached hydrogens (tertiary/aromatic N) is 2. The van der Waals surface area contributed by atoms with Crippen molar-refractivity contribution in [1.82, 2.24) is 14.5 Å². The lowest BCUT2D eigenvalue weighted by Crippen LogP contribution is -2.29. The van der Waals surface area contributed by atoms with Crippen LogP contribution in [0.2, 0.25) is 0 Å². The molecule has 10 heteroatoms. The van der Waals surface area contributed by atoms with Crippen LogP contribution in [0.5, 0.6) is 0 Å². The number of benzene rings is 1. The Morgan fingerprint density at radius 1 is 1.04 bits per heavy atom. The maximum absolute atomic E-state index is 12.7. The number of H-pyrrole nitrogens is 1. The molecule has 2 N–H and O–H groups in total. The van der Waals surface area contributed by atoms with Crippen molar-refractivity contribution >= 4 is 25.7 Å². The second-order valence-corrected chi connectivity index (χ2v) is 8.71. The number of aromatic amines is 1. The van der Waals surface area contributed by atoms with E-state index in [1.165, 1.54) is 41.0 Å². The number of anilines is 1. The van der Waals surface area contributed by atoms with E-state index >= 15 is 0 Å². The zero-order valence-electron chi connectivity index (χ0n) is 12.1. The van der Waals surface area contributed by atoms with Gasteiger partial charge in [0.2, 0.25) is 10.0 Å². The zero-order chi connectivity index (χ0) is 16.5. The normalized spacial score (nSPS) is 16.5. The minimum Gasteiger partial charge on any atom is -0.284 e. The number of rotatable bonds is 5. The summed E-state index contributed by atoms with van der Waals surface area (Å²) in [5.41, 5.74) is 0.235. The summed E-state index contributed by atoms with van der Waals surface area (Å²) in [6, 6.07) is 5.61. The summed E-state index contributed by atoms with van der Waals surface area (Å²) in [5.74, 6) is 0. The average molecular weight is 356 g/mol. The van der Waals surface area contributed by atoms with Gasteiger partial charge in [0.1, 0.15) is 9.79 Å². The number of sulfonamides is 2. The van der Waals surface area contributed by atoms with Gasteiger partial charge >= 0.3 is 0 Å². The zero-order valence-corrected chi connectivity index (χ0v) is 13.8. The molecule has 0 saturated carbocycles. The second-order valence-electron chi connectivity index (χ2n) is 5.15. The second kappa shape index (κ2) is 5.95. The molecule has 124 valence electrons. The van der Waals surface area contributed by atoms with Crippen LogP contribution in [0.3, 0.4) is 0 Å². The van der Waals surface area contributed by atoms with E-state index in [1.807, 2.05) is 0 Å². The van der Waals surface area contributed by atoms with Crippen molar-refractivity contribution in [3.05, 3.63) is 36.7 Å². The maximum atomic E-state index is 12.7. The highest BCUT2D eigenvalue weighted by molar-refractivity contribution is 7.94. The summed E-state index contributed by atoms with van der Waals surface area (Å²) in [4.78, 5) is -0.481. The molecule has 2 aromatic rings. The third-order valence-electron chi connectivity index (χ3n) is 3.57. The molecule has 2 heterocycles. The van der Waals surface area contributed by atoms with Crippen LogP contribution in [-0.2, 0) is 20.0 Å². The van der Waals surface area contributed by atoms with Gasteiger partial charge in [0.15, 0.2) is 0 Å². The highest BCUT2D eigenvalue weighted by Gasteiger charge is 2.32. The fourth-order valence-corrected chi connectivity index (χ4v) is 5.83. The molecular formula is C13H16N4O4S2. The van der Waals surface area contributed by atoms with Crippen LogP contribution in [0, 0.1) is 0 Å². The largest absolute Gasteiger partial charge is 0.284 e. The number of hydrogen-bond acceptors (Lipinski definition) is 5. The van der Waals surface area contributed by atoms with Gasteiger partial charge in [-0.2, -0.15) is 9.40 Å². The molecule has 1 aliphatic rings. The molecule has 0 spiro atoms. The summed E-state index contributed by atoms with van der Waals surface area (Å²) in [7, 11) is -7.88. The molecule has 0 aliphatic carbocycles. The fraction of sp³-hybridized carbons (Fsp3) is 0.308. The van der Waals surface area contributed by atoms with Crippen molar-refractivity contribution in [2.75, 3.05) is 17.8 Å².